The second kappa shape index (κ2) is 15.0. The van der Waals surface area contributed by atoms with Crippen molar-refractivity contribution in [1.29, 1.82) is 0 Å². The third-order valence-corrected chi connectivity index (χ3v) is 7.21. The molecule has 254 valence electrons. The number of nitrogens with zero attached hydrogens (tertiary/aromatic N) is 2. The molecule has 0 aliphatic rings. The van der Waals surface area contributed by atoms with Crippen LogP contribution in [0.15, 0.2) is 84.9 Å². The van der Waals surface area contributed by atoms with Gasteiger partial charge < -0.3 is 30.2 Å². The number of aromatic carboxylic acids is 2. The molecule has 16 nitrogen and oxygen atoms in total. The van der Waals surface area contributed by atoms with Crippen LogP contribution < -0.4 is 20.3 Å². The Morgan fingerprint density at radius 2 is 1.24 bits per heavy atom. The van der Waals surface area contributed by atoms with Crippen molar-refractivity contribution >= 4 is 34.9 Å². The van der Waals surface area contributed by atoms with Crippen LogP contribution in [-0.4, -0.2) is 56.3 Å². The summed E-state index contributed by atoms with van der Waals surface area (Å²) in [5, 5.41) is 54.3. The Labute approximate surface area is 277 Å². The average Bonchev–Trinajstić information content (AvgIpc) is 3.07. The number of ether oxygens (including phenoxy) is 2. The topological polar surface area (TPSA) is 241 Å². The van der Waals surface area contributed by atoms with Crippen molar-refractivity contribution in [2.24, 2.45) is 5.41 Å². The fourth-order valence-electron chi connectivity index (χ4n) is 4.80. The molecule has 0 aliphatic heterocycles. The van der Waals surface area contributed by atoms with E-state index in [1.54, 1.807) is 24.3 Å². The number of hydrogen-bond acceptors (Lipinski definition) is 11. The highest BCUT2D eigenvalue weighted by Gasteiger charge is 2.30. The predicted octanol–water partition coefficient (Wildman–Crippen LogP) is 5.70. The van der Waals surface area contributed by atoms with Crippen molar-refractivity contribution in [3.05, 3.63) is 133 Å². The number of carboxylic acids is 2. The Hall–Kier alpha value is -6.39. The number of rotatable bonds is 15. The Morgan fingerprint density at radius 3 is 1.73 bits per heavy atom. The molecule has 4 rings (SSSR count). The summed E-state index contributed by atoms with van der Waals surface area (Å²) in [5.41, 5.74) is -0.704. The zero-order valence-electron chi connectivity index (χ0n) is 26.0. The minimum Gasteiger partial charge on any atom is -0.493 e. The van der Waals surface area contributed by atoms with Gasteiger partial charge in [0.15, 0.2) is 0 Å². The second-order valence-corrected chi connectivity index (χ2v) is 11.4. The van der Waals surface area contributed by atoms with Gasteiger partial charge in [-0.1, -0.05) is 38.1 Å². The molecule has 0 heterocycles. The van der Waals surface area contributed by atoms with Crippen LogP contribution in [0.25, 0.3) is 0 Å². The van der Waals surface area contributed by atoms with Gasteiger partial charge in [0.25, 0.3) is 17.3 Å². The molecule has 5 N–H and O–H groups in total. The molecular weight excluding hydrogens is 644 g/mol. The van der Waals surface area contributed by atoms with Gasteiger partial charge in [-0.05, 0) is 54.1 Å². The normalized spacial score (nSPS) is 11.7. The van der Waals surface area contributed by atoms with Crippen molar-refractivity contribution in [2.75, 3.05) is 18.5 Å². The summed E-state index contributed by atoms with van der Waals surface area (Å²) in [7, 11) is 0. The van der Waals surface area contributed by atoms with Crippen molar-refractivity contribution in [2.45, 2.75) is 19.9 Å². The summed E-state index contributed by atoms with van der Waals surface area (Å²) in [5.74, 6) is -2.97. The molecule has 1 atom stereocenters. The van der Waals surface area contributed by atoms with Gasteiger partial charge in [-0.3, -0.25) is 25.0 Å². The van der Waals surface area contributed by atoms with Crippen LogP contribution in [-0.2, 0) is 0 Å². The summed E-state index contributed by atoms with van der Waals surface area (Å²) < 4.78 is 11.8. The lowest BCUT2D eigenvalue weighted by molar-refractivity contribution is -0.385. The van der Waals surface area contributed by atoms with Crippen LogP contribution in [0.4, 0.5) is 17.1 Å². The smallest absolute Gasteiger partial charge is 0.336 e. The third-order valence-electron chi connectivity index (χ3n) is 7.21. The molecule has 49 heavy (non-hydrogen) atoms. The first-order chi connectivity index (χ1) is 23.2. The maximum absolute atomic E-state index is 12.8. The molecule has 0 aromatic heterocycles. The number of anilines is 1. The fourth-order valence-corrected chi connectivity index (χ4v) is 4.80. The number of benzene rings is 4. The van der Waals surface area contributed by atoms with E-state index in [9.17, 15) is 50.0 Å². The van der Waals surface area contributed by atoms with Crippen LogP contribution in [0.2, 0.25) is 0 Å². The SMILES string of the molecule is CC(C)(COc1ccc(NC(=O)c2c(C(=O)O)cccc2[N+](=O)[O-])cc1)COc1ccc(C(NO)c2c(C(=O)O)cccc2[N+](=O)[O-])cc1. The van der Waals surface area contributed by atoms with Crippen LogP contribution in [0.5, 0.6) is 11.5 Å². The molecule has 4 aromatic carbocycles. The summed E-state index contributed by atoms with van der Waals surface area (Å²) in [6.45, 7) is 4.16. The molecule has 16 heteroatoms. The number of nitro groups is 2. The monoisotopic (exact) mass is 674 g/mol. The number of hydrogen-bond donors (Lipinski definition) is 5. The fraction of sp³-hybridized carbons (Fsp3) is 0.182. The van der Waals surface area contributed by atoms with E-state index in [-0.39, 0.29) is 30.0 Å². The summed E-state index contributed by atoms with van der Waals surface area (Å²) in [4.78, 5) is 57.6. The van der Waals surface area contributed by atoms with E-state index in [4.69, 9.17) is 9.47 Å². The van der Waals surface area contributed by atoms with Gasteiger partial charge in [0.05, 0.1) is 45.8 Å². The van der Waals surface area contributed by atoms with Gasteiger partial charge >= 0.3 is 11.9 Å². The summed E-state index contributed by atoms with van der Waals surface area (Å²) >= 11 is 0. The first kappa shape index (κ1) is 35.5. The van der Waals surface area contributed by atoms with E-state index in [1.165, 1.54) is 42.5 Å². The van der Waals surface area contributed by atoms with Gasteiger partial charge in [-0.15, -0.1) is 0 Å². The van der Waals surface area contributed by atoms with Crippen molar-refractivity contribution in [1.82, 2.24) is 5.48 Å². The Balaban J connectivity index is 1.37. The van der Waals surface area contributed by atoms with Gasteiger partial charge in [0.1, 0.15) is 17.1 Å². The lowest BCUT2D eigenvalue weighted by atomic mass is 9.93. The Bertz CT molecular complexity index is 1830. The highest BCUT2D eigenvalue weighted by atomic mass is 16.6. The van der Waals surface area contributed by atoms with Crippen molar-refractivity contribution < 1.29 is 49.1 Å². The second-order valence-electron chi connectivity index (χ2n) is 11.4. The third kappa shape index (κ3) is 8.51. The minimum absolute atomic E-state index is 0.192. The van der Waals surface area contributed by atoms with Crippen LogP contribution in [0.1, 0.15) is 62.1 Å². The number of carbonyl (C=O) groups is 3. The molecule has 1 unspecified atom stereocenters. The standard InChI is InChI=1S/C33H30N4O12/c1-33(2,17-48-21-13-9-19(10-14-21)29(35-43)27-23(31(39)40)5-3-7-25(27)36(44)45)18-49-22-15-11-20(12-16-22)34-30(38)28-24(32(41)42)6-4-8-26(28)37(46)47/h3-16,29,35,43H,17-18H2,1-2H3,(H,34,38)(H,39,40)(H,41,42). The largest absolute Gasteiger partial charge is 0.493 e. The molecule has 0 aliphatic carbocycles. The predicted molar refractivity (Wildman–Crippen MR) is 172 cm³/mol. The first-order valence-corrected chi connectivity index (χ1v) is 14.4. The summed E-state index contributed by atoms with van der Waals surface area (Å²) in [6.07, 6.45) is 0. The van der Waals surface area contributed by atoms with Gasteiger partial charge in [-0.2, -0.15) is 5.48 Å². The van der Waals surface area contributed by atoms with E-state index >= 15 is 0 Å². The van der Waals surface area contributed by atoms with Crippen LogP contribution in [0.3, 0.4) is 0 Å². The van der Waals surface area contributed by atoms with E-state index in [0.717, 1.165) is 18.2 Å². The number of nitrogens with one attached hydrogen (secondary N) is 2. The van der Waals surface area contributed by atoms with E-state index in [1.807, 2.05) is 19.3 Å². The zero-order valence-corrected chi connectivity index (χ0v) is 26.0. The minimum atomic E-state index is -1.48. The molecule has 0 spiro atoms. The molecule has 0 bridgehead atoms. The number of amides is 1. The number of carbonyl (C=O) groups excluding carboxylic acids is 1. The van der Waals surface area contributed by atoms with E-state index in [2.05, 4.69) is 5.32 Å². The quantitative estimate of drug-likeness (QED) is 0.0751. The molecule has 0 fully saturated rings. The zero-order chi connectivity index (χ0) is 35.9. The highest BCUT2D eigenvalue weighted by molar-refractivity contribution is 6.13. The average molecular weight is 675 g/mol. The van der Waals surface area contributed by atoms with E-state index in [0.29, 0.717) is 17.1 Å². The molecule has 0 saturated heterocycles. The lowest BCUT2D eigenvalue weighted by Gasteiger charge is -2.25. The Kier molecular flexibility index (Phi) is 10.9. The molecular formula is C33H30N4O12. The van der Waals surface area contributed by atoms with Crippen LogP contribution >= 0.6 is 0 Å². The lowest BCUT2D eigenvalue weighted by Crippen LogP contribution is -2.28. The first-order valence-electron chi connectivity index (χ1n) is 14.4. The highest BCUT2D eigenvalue weighted by Crippen LogP contribution is 2.34. The number of nitro benzene ring substituents is 2. The van der Waals surface area contributed by atoms with Gasteiger partial charge in [0.2, 0.25) is 0 Å². The van der Waals surface area contributed by atoms with Gasteiger partial charge in [0, 0.05) is 23.2 Å². The van der Waals surface area contributed by atoms with E-state index < -0.39 is 61.7 Å². The number of hydroxylamine groups is 1. The summed E-state index contributed by atoms with van der Waals surface area (Å²) in [6, 6.07) is 18.0. The van der Waals surface area contributed by atoms with Crippen LogP contribution in [0, 0.1) is 25.6 Å². The molecule has 0 saturated carbocycles. The number of carboxylic acid groups (broad SMARTS) is 2. The molecule has 4 aromatic rings. The molecule has 1 amide bonds. The molecule has 0 radical (unpaired) electrons. The maximum Gasteiger partial charge on any atom is 0.336 e. The van der Waals surface area contributed by atoms with Gasteiger partial charge in [-0.25, -0.2) is 9.59 Å². The van der Waals surface area contributed by atoms with Crippen molar-refractivity contribution in [3.63, 3.8) is 0 Å². The maximum atomic E-state index is 12.8. The Morgan fingerprint density at radius 1 is 0.755 bits per heavy atom. The van der Waals surface area contributed by atoms with Crippen molar-refractivity contribution in [3.8, 4) is 11.5 Å².